The number of nitrogens with zero attached hydrogens (tertiary/aromatic N) is 1. The quantitative estimate of drug-likeness (QED) is 0.314. The Labute approximate surface area is 148 Å². The number of hydrogen-bond acceptors (Lipinski definition) is 6. The van der Waals surface area contributed by atoms with Crippen molar-refractivity contribution in [2.45, 2.75) is 12.5 Å². The van der Waals surface area contributed by atoms with Crippen molar-refractivity contribution in [1.82, 2.24) is 5.32 Å². The van der Waals surface area contributed by atoms with Gasteiger partial charge in [0.05, 0.1) is 10.7 Å². The number of aliphatic carboxylic acids is 1. The molecule has 1 aromatic rings. The number of amides is 1. The molecule has 0 heterocycles. The van der Waals surface area contributed by atoms with Crippen LogP contribution in [0, 0.1) is 11.3 Å². The number of carbonyl (C=O) groups is 2. The summed E-state index contributed by atoms with van der Waals surface area (Å²) in [4.78, 5) is 23.2. The molecular weight excluding hydrogens is 352 g/mol. The molecule has 9 heteroatoms. The number of benzene rings is 1. The fourth-order valence-electron chi connectivity index (χ4n) is 1.65. The molecule has 0 fully saturated rings. The van der Waals surface area contributed by atoms with E-state index in [2.05, 4.69) is 10.6 Å². The fraction of sp³-hybridized carbons (Fsp3) is 0.267. The lowest BCUT2D eigenvalue weighted by Crippen LogP contribution is -2.41. The summed E-state index contributed by atoms with van der Waals surface area (Å²) in [5.74, 6) is -1.33. The molecule has 1 aromatic carbocycles. The molecule has 1 unspecified atom stereocenters. The first-order valence-electron chi connectivity index (χ1n) is 6.83. The Kier molecular flexibility index (Phi) is 7.95. The minimum Gasteiger partial charge on any atom is -0.480 e. The van der Waals surface area contributed by atoms with E-state index in [1.807, 2.05) is 6.26 Å². The van der Waals surface area contributed by atoms with Crippen molar-refractivity contribution in [3.05, 3.63) is 35.0 Å². The summed E-state index contributed by atoms with van der Waals surface area (Å²) in [7, 11) is 0. The van der Waals surface area contributed by atoms with E-state index in [1.165, 1.54) is 18.0 Å². The number of nitrogens with one attached hydrogen (secondary N) is 2. The van der Waals surface area contributed by atoms with E-state index >= 15 is 0 Å². The number of nitrogen functional groups attached to an aromatic ring is 1. The van der Waals surface area contributed by atoms with Crippen molar-refractivity contribution in [3.63, 3.8) is 0 Å². The zero-order chi connectivity index (χ0) is 18.1. The Morgan fingerprint density at radius 1 is 1.54 bits per heavy atom. The second-order valence-electron chi connectivity index (χ2n) is 4.70. The van der Waals surface area contributed by atoms with Crippen LogP contribution in [0.2, 0.25) is 5.02 Å². The molecule has 0 aliphatic rings. The Bertz CT molecular complexity index is 688. The van der Waals surface area contributed by atoms with Gasteiger partial charge in [0.2, 0.25) is 0 Å². The monoisotopic (exact) mass is 368 g/mol. The van der Waals surface area contributed by atoms with E-state index in [9.17, 15) is 9.59 Å². The largest absolute Gasteiger partial charge is 0.480 e. The molecule has 24 heavy (non-hydrogen) atoms. The van der Waals surface area contributed by atoms with Gasteiger partial charge in [-0.3, -0.25) is 4.79 Å². The van der Waals surface area contributed by atoms with E-state index in [-0.39, 0.29) is 12.0 Å². The highest BCUT2D eigenvalue weighted by Crippen LogP contribution is 2.22. The first kappa shape index (κ1) is 19.7. The van der Waals surface area contributed by atoms with Gasteiger partial charge in [-0.1, -0.05) is 11.6 Å². The van der Waals surface area contributed by atoms with E-state index in [4.69, 9.17) is 27.7 Å². The highest BCUT2D eigenvalue weighted by molar-refractivity contribution is 7.98. The van der Waals surface area contributed by atoms with Crippen molar-refractivity contribution >= 4 is 46.6 Å². The summed E-state index contributed by atoms with van der Waals surface area (Å²) in [5, 5.41) is 23.6. The number of halogens is 1. The van der Waals surface area contributed by atoms with Gasteiger partial charge in [-0.15, -0.1) is 0 Å². The molecule has 0 saturated heterocycles. The third-order valence-electron chi connectivity index (χ3n) is 2.96. The molecular formula is C15H17ClN4O3S. The van der Waals surface area contributed by atoms with Gasteiger partial charge < -0.3 is 21.5 Å². The van der Waals surface area contributed by atoms with Crippen LogP contribution in [0.25, 0.3) is 0 Å². The van der Waals surface area contributed by atoms with Gasteiger partial charge >= 0.3 is 5.97 Å². The molecule has 0 aliphatic carbocycles. The molecule has 0 saturated carbocycles. The topological polar surface area (TPSA) is 128 Å². The van der Waals surface area contributed by atoms with E-state index in [0.29, 0.717) is 22.2 Å². The number of carbonyl (C=O) groups excluding carboxylic acids is 1. The third-order valence-corrected chi connectivity index (χ3v) is 3.93. The zero-order valence-electron chi connectivity index (χ0n) is 12.9. The molecule has 1 amide bonds. The number of carboxylic acids is 1. The van der Waals surface area contributed by atoms with Gasteiger partial charge in [0.1, 0.15) is 17.7 Å². The maximum Gasteiger partial charge on any atom is 0.326 e. The van der Waals surface area contributed by atoms with Crippen LogP contribution >= 0.6 is 23.4 Å². The van der Waals surface area contributed by atoms with Crippen LogP contribution in [0.15, 0.2) is 30.0 Å². The van der Waals surface area contributed by atoms with Crippen LogP contribution < -0.4 is 16.4 Å². The van der Waals surface area contributed by atoms with E-state index in [1.54, 1.807) is 24.3 Å². The SMILES string of the molecule is CSCCC(NC(=O)/C(C#N)=C\Nc1ccc(N)c(Cl)c1)C(=O)O. The Balaban J connectivity index is 2.79. The molecule has 0 bridgehead atoms. The van der Waals surface area contributed by atoms with Gasteiger partial charge in [0, 0.05) is 11.9 Å². The van der Waals surface area contributed by atoms with Crippen LogP contribution in [-0.4, -0.2) is 35.0 Å². The summed E-state index contributed by atoms with van der Waals surface area (Å²) >= 11 is 7.35. The molecule has 0 aromatic heterocycles. The standard InChI is InChI=1S/C15H17ClN4O3S/c1-24-5-4-13(15(22)23)20-14(21)9(7-17)8-19-10-2-3-12(18)11(16)6-10/h2-3,6,8,13,19H,4-5,18H2,1H3,(H,20,21)(H,22,23)/b9-8-. The van der Waals surface area contributed by atoms with Crippen LogP contribution in [0.1, 0.15) is 6.42 Å². The maximum atomic E-state index is 12.0. The lowest BCUT2D eigenvalue weighted by molar-refractivity contribution is -0.141. The van der Waals surface area contributed by atoms with Crippen molar-refractivity contribution in [3.8, 4) is 6.07 Å². The maximum absolute atomic E-state index is 12.0. The van der Waals surface area contributed by atoms with Gasteiger partial charge in [-0.05, 0) is 36.6 Å². The highest BCUT2D eigenvalue weighted by Gasteiger charge is 2.21. The predicted octanol–water partition coefficient (Wildman–Crippen LogP) is 2.06. The molecule has 0 spiro atoms. The predicted molar refractivity (Wildman–Crippen MR) is 95.7 cm³/mol. The summed E-state index contributed by atoms with van der Waals surface area (Å²) in [6.07, 6.45) is 3.29. The highest BCUT2D eigenvalue weighted by atomic mass is 35.5. The Morgan fingerprint density at radius 2 is 2.25 bits per heavy atom. The Morgan fingerprint density at radius 3 is 2.79 bits per heavy atom. The smallest absolute Gasteiger partial charge is 0.326 e. The fourth-order valence-corrected chi connectivity index (χ4v) is 2.30. The number of carboxylic acid groups (broad SMARTS) is 1. The summed E-state index contributed by atoms with van der Waals surface area (Å²) in [5.41, 5.74) is 6.28. The summed E-state index contributed by atoms with van der Waals surface area (Å²) < 4.78 is 0. The first-order valence-corrected chi connectivity index (χ1v) is 8.60. The van der Waals surface area contributed by atoms with Gasteiger partial charge in [-0.25, -0.2) is 4.79 Å². The summed E-state index contributed by atoms with van der Waals surface area (Å²) in [6.45, 7) is 0. The number of nitrogens with two attached hydrogens (primary N) is 1. The van der Waals surface area contributed by atoms with Gasteiger partial charge in [0.15, 0.2) is 0 Å². The number of nitriles is 1. The lowest BCUT2D eigenvalue weighted by atomic mass is 10.2. The van der Waals surface area contributed by atoms with E-state index < -0.39 is 17.9 Å². The lowest BCUT2D eigenvalue weighted by Gasteiger charge is -2.13. The first-order chi connectivity index (χ1) is 11.4. The molecule has 5 N–H and O–H groups in total. The molecule has 1 rings (SSSR count). The van der Waals surface area contributed by atoms with Crippen LogP contribution in [0.3, 0.4) is 0 Å². The molecule has 0 radical (unpaired) electrons. The van der Waals surface area contributed by atoms with Crippen molar-refractivity contribution in [2.75, 3.05) is 23.1 Å². The van der Waals surface area contributed by atoms with E-state index in [0.717, 1.165) is 0 Å². The third kappa shape index (κ3) is 6.02. The van der Waals surface area contributed by atoms with Gasteiger partial charge in [-0.2, -0.15) is 17.0 Å². The van der Waals surface area contributed by atoms with Crippen LogP contribution in [-0.2, 0) is 9.59 Å². The minimum atomic E-state index is -1.15. The van der Waals surface area contributed by atoms with Gasteiger partial charge in [0.25, 0.3) is 5.91 Å². The molecule has 1 atom stereocenters. The second kappa shape index (κ2) is 9.70. The normalized spacial score (nSPS) is 12.1. The zero-order valence-corrected chi connectivity index (χ0v) is 14.4. The number of anilines is 2. The van der Waals surface area contributed by atoms with Crippen molar-refractivity contribution < 1.29 is 14.7 Å². The average Bonchev–Trinajstić information content (AvgIpc) is 2.54. The minimum absolute atomic E-state index is 0.252. The summed E-state index contributed by atoms with van der Waals surface area (Å²) in [6, 6.07) is 5.43. The second-order valence-corrected chi connectivity index (χ2v) is 6.09. The van der Waals surface area contributed by atoms with Crippen LogP contribution in [0.5, 0.6) is 0 Å². The Hall–Kier alpha value is -2.37. The molecule has 0 aliphatic heterocycles. The van der Waals surface area contributed by atoms with Crippen molar-refractivity contribution in [2.24, 2.45) is 0 Å². The number of thioether (sulfide) groups is 1. The number of rotatable bonds is 8. The average molecular weight is 369 g/mol. The molecule has 128 valence electrons. The molecule has 7 nitrogen and oxygen atoms in total. The number of hydrogen-bond donors (Lipinski definition) is 4. The van der Waals surface area contributed by atoms with Crippen LogP contribution in [0.4, 0.5) is 11.4 Å². The van der Waals surface area contributed by atoms with Crippen molar-refractivity contribution in [1.29, 1.82) is 5.26 Å².